The highest BCUT2D eigenvalue weighted by Gasteiger charge is 2.16. The smallest absolute Gasteiger partial charge is 0.123 e. The Morgan fingerprint density at radius 1 is 1.10 bits per heavy atom. The van der Waals surface area contributed by atoms with Gasteiger partial charge in [-0.2, -0.15) is 0 Å². The standard InChI is InChI=1S/C25H31FN2OS/c1-6-7-8-10-20(2)30-28(18-9-17-27(3)4)25-16-15-23(29-5)19-24(25)21-11-13-22(26)14-12-21/h6-8,10-16,19H,2,9,17-18H2,1,3-5H3/b7-6-,10-8-. The molecule has 0 spiro atoms. The molecular weight excluding hydrogens is 395 g/mol. The van der Waals surface area contributed by atoms with Gasteiger partial charge < -0.3 is 13.9 Å². The summed E-state index contributed by atoms with van der Waals surface area (Å²) in [5.41, 5.74) is 2.99. The first kappa shape index (κ1) is 23.8. The summed E-state index contributed by atoms with van der Waals surface area (Å²) in [7, 11) is 5.81. The fraction of sp³-hybridized carbons (Fsp3) is 0.280. The van der Waals surface area contributed by atoms with Gasteiger partial charge in [-0.05, 0) is 87.9 Å². The van der Waals surface area contributed by atoms with E-state index in [2.05, 4.69) is 35.9 Å². The van der Waals surface area contributed by atoms with Gasteiger partial charge in [-0.3, -0.25) is 0 Å². The Balaban J connectivity index is 2.41. The highest BCUT2D eigenvalue weighted by molar-refractivity contribution is 8.04. The molecule has 0 saturated carbocycles. The second kappa shape index (κ2) is 12.3. The van der Waals surface area contributed by atoms with Gasteiger partial charge in [-0.25, -0.2) is 4.39 Å². The maximum atomic E-state index is 13.5. The zero-order valence-electron chi connectivity index (χ0n) is 18.3. The molecule has 0 heterocycles. The Kier molecular flexibility index (Phi) is 9.71. The van der Waals surface area contributed by atoms with E-state index in [9.17, 15) is 4.39 Å². The van der Waals surface area contributed by atoms with E-state index in [4.69, 9.17) is 4.74 Å². The second-order valence-corrected chi connectivity index (χ2v) is 8.24. The van der Waals surface area contributed by atoms with Gasteiger partial charge in [-0.1, -0.05) is 36.9 Å². The van der Waals surface area contributed by atoms with Crippen LogP contribution in [0, 0.1) is 5.82 Å². The predicted octanol–water partition coefficient (Wildman–Crippen LogP) is 6.55. The third-order valence-corrected chi connectivity index (χ3v) is 5.38. The Morgan fingerprint density at radius 3 is 2.47 bits per heavy atom. The maximum absolute atomic E-state index is 13.5. The first-order valence-corrected chi connectivity index (χ1v) is 10.7. The van der Waals surface area contributed by atoms with Crippen LogP contribution in [0.1, 0.15) is 13.3 Å². The minimum absolute atomic E-state index is 0.247. The fourth-order valence-corrected chi connectivity index (χ4v) is 3.81. The summed E-state index contributed by atoms with van der Waals surface area (Å²) in [6.07, 6.45) is 8.96. The Labute approximate surface area is 184 Å². The van der Waals surface area contributed by atoms with Crippen molar-refractivity contribution in [1.82, 2.24) is 4.90 Å². The monoisotopic (exact) mass is 426 g/mol. The molecule has 0 unspecified atom stereocenters. The minimum Gasteiger partial charge on any atom is -0.497 e. The first-order valence-electron chi connectivity index (χ1n) is 9.97. The van der Waals surface area contributed by atoms with Crippen molar-refractivity contribution in [3.05, 3.63) is 84.1 Å². The van der Waals surface area contributed by atoms with Crippen molar-refractivity contribution in [2.45, 2.75) is 13.3 Å². The number of halogens is 1. The molecular formula is C25H31FN2OS. The summed E-state index contributed by atoms with van der Waals surface area (Å²) >= 11 is 1.61. The van der Waals surface area contributed by atoms with Crippen molar-refractivity contribution in [2.24, 2.45) is 0 Å². The number of hydrogen-bond acceptors (Lipinski definition) is 4. The average molecular weight is 427 g/mol. The topological polar surface area (TPSA) is 15.7 Å². The molecule has 30 heavy (non-hydrogen) atoms. The number of ether oxygens (including phenoxy) is 1. The first-order chi connectivity index (χ1) is 14.4. The van der Waals surface area contributed by atoms with E-state index in [0.717, 1.165) is 47.0 Å². The highest BCUT2D eigenvalue weighted by Crippen LogP contribution is 2.39. The van der Waals surface area contributed by atoms with Crippen molar-refractivity contribution < 1.29 is 9.13 Å². The number of allylic oxidation sites excluding steroid dienone is 4. The zero-order valence-corrected chi connectivity index (χ0v) is 19.1. The van der Waals surface area contributed by atoms with Crippen molar-refractivity contribution in [3.8, 4) is 16.9 Å². The predicted molar refractivity (Wildman–Crippen MR) is 130 cm³/mol. The third kappa shape index (κ3) is 7.39. The summed E-state index contributed by atoms with van der Waals surface area (Å²) < 4.78 is 21.2. The lowest BCUT2D eigenvalue weighted by atomic mass is 10.0. The molecule has 0 radical (unpaired) electrons. The molecule has 0 amide bonds. The Bertz CT molecular complexity index is 875. The molecule has 0 aliphatic heterocycles. The van der Waals surface area contributed by atoms with Crippen molar-refractivity contribution in [1.29, 1.82) is 0 Å². The average Bonchev–Trinajstić information content (AvgIpc) is 2.73. The van der Waals surface area contributed by atoms with Crippen LogP contribution in [0.4, 0.5) is 10.1 Å². The molecule has 0 aliphatic carbocycles. The summed E-state index contributed by atoms with van der Waals surface area (Å²) in [5, 5.41) is 0. The summed E-state index contributed by atoms with van der Waals surface area (Å²) in [5.74, 6) is 0.519. The molecule has 2 aromatic rings. The Morgan fingerprint density at radius 2 is 1.83 bits per heavy atom. The largest absolute Gasteiger partial charge is 0.497 e. The van der Waals surface area contributed by atoms with Crippen LogP contribution in [-0.4, -0.2) is 39.2 Å². The SMILES string of the molecule is C=C(/C=C\C=C/C)SN(CCCN(C)C)c1ccc(OC)cc1-c1ccc(F)cc1. The number of hydrogen-bond donors (Lipinski definition) is 0. The minimum atomic E-state index is -0.247. The zero-order chi connectivity index (χ0) is 21.9. The van der Waals surface area contributed by atoms with Crippen LogP contribution in [-0.2, 0) is 0 Å². The van der Waals surface area contributed by atoms with Gasteiger partial charge in [-0.15, -0.1) is 0 Å². The quantitative estimate of drug-likeness (QED) is 0.299. The van der Waals surface area contributed by atoms with Crippen LogP contribution in [0.5, 0.6) is 5.75 Å². The lowest BCUT2D eigenvalue weighted by molar-refractivity contribution is 0.403. The molecule has 0 aliphatic rings. The molecule has 2 aromatic carbocycles. The van der Waals surface area contributed by atoms with Crippen LogP contribution in [0.15, 0.2) is 78.3 Å². The molecule has 0 fully saturated rings. The van der Waals surface area contributed by atoms with Crippen molar-refractivity contribution >= 4 is 17.6 Å². The van der Waals surface area contributed by atoms with Crippen LogP contribution in [0.3, 0.4) is 0 Å². The third-order valence-electron chi connectivity index (χ3n) is 4.41. The normalized spacial score (nSPS) is 11.5. The van der Waals surface area contributed by atoms with E-state index in [0.29, 0.717) is 0 Å². The highest BCUT2D eigenvalue weighted by atomic mass is 32.2. The van der Waals surface area contributed by atoms with Crippen LogP contribution < -0.4 is 9.04 Å². The molecule has 2 rings (SSSR count). The van der Waals surface area contributed by atoms with Crippen LogP contribution in [0.25, 0.3) is 11.1 Å². The van der Waals surface area contributed by atoms with E-state index in [-0.39, 0.29) is 5.82 Å². The molecule has 0 N–H and O–H groups in total. The van der Waals surface area contributed by atoms with Crippen molar-refractivity contribution in [3.63, 3.8) is 0 Å². The van der Waals surface area contributed by atoms with Gasteiger partial charge >= 0.3 is 0 Å². The van der Waals surface area contributed by atoms with Gasteiger partial charge in [0, 0.05) is 17.0 Å². The molecule has 0 bridgehead atoms. The summed E-state index contributed by atoms with van der Waals surface area (Å²) in [6.45, 7) is 8.02. The van der Waals surface area contributed by atoms with E-state index < -0.39 is 0 Å². The van der Waals surface area contributed by atoms with Crippen molar-refractivity contribution in [2.75, 3.05) is 38.6 Å². The number of nitrogens with zero attached hydrogens (tertiary/aromatic N) is 2. The molecule has 3 nitrogen and oxygen atoms in total. The maximum Gasteiger partial charge on any atom is 0.123 e. The number of benzene rings is 2. The number of rotatable bonds is 11. The van der Waals surface area contributed by atoms with Gasteiger partial charge in [0.15, 0.2) is 0 Å². The van der Waals surface area contributed by atoms with Crippen LogP contribution >= 0.6 is 11.9 Å². The van der Waals surface area contributed by atoms with Gasteiger partial charge in [0.1, 0.15) is 11.6 Å². The van der Waals surface area contributed by atoms with Gasteiger partial charge in [0.2, 0.25) is 0 Å². The van der Waals surface area contributed by atoms with E-state index in [1.807, 2.05) is 43.4 Å². The van der Waals surface area contributed by atoms with E-state index >= 15 is 0 Å². The molecule has 0 saturated heterocycles. The summed E-state index contributed by atoms with van der Waals surface area (Å²) in [4.78, 5) is 3.12. The Hall–Kier alpha value is -2.50. The second-order valence-electron chi connectivity index (χ2n) is 7.09. The van der Waals surface area contributed by atoms with Crippen LogP contribution in [0.2, 0.25) is 0 Å². The molecule has 5 heteroatoms. The number of anilines is 1. The lowest BCUT2D eigenvalue weighted by Gasteiger charge is -2.27. The molecule has 160 valence electrons. The van der Waals surface area contributed by atoms with E-state index in [1.165, 1.54) is 12.1 Å². The number of methoxy groups -OCH3 is 1. The van der Waals surface area contributed by atoms with Gasteiger partial charge in [0.05, 0.1) is 12.8 Å². The molecule has 0 aromatic heterocycles. The fourth-order valence-electron chi connectivity index (χ4n) is 2.91. The van der Waals surface area contributed by atoms with Gasteiger partial charge in [0.25, 0.3) is 0 Å². The summed E-state index contributed by atoms with van der Waals surface area (Å²) in [6, 6.07) is 12.6. The molecule has 0 atom stereocenters. The lowest BCUT2D eigenvalue weighted by Crippen LogP contribution is -2.22. The van der Waals surface area contributed by atoms with E-state index in [1.54, 1.807) is 31.2 Å².